The van der Waals surface area contributed by atoms with Gasteiger partial charge in [0.05, 0.1) is 43.5 Å². The van der Waals surface area contributed by atoms with Crippen LogP contribution in [-0.2, 0) is 56.6 Å². The van der Waals surface area contributed by atoms with Gasteiger partial charge < -0.3 is 71.0 Å². The molecular formula is C89H95Br5Cl3F4LiN2O20S4. The number of rotatable bonds is 24. The van der Waals surface area contributed by atoms with Crippen LogP contribution in [0.4, 0.5) is 23.2 Å². The van der Waals surface area contributed by atoms with Crippen molar-refractivity contribution in [2.45, 2.75) is 92.3 Å². The molecule has 0 amide bonds. The van der Waals surface area contributed by atoms with Gasteiger partial charge in [-0.15, -0.1) is 23.5 Å². The Hall–Kier alpha value is -7.02. The van der Waals surface area contributed by atoms with Gasteiger partial charge in [0.2, 0.25) is 9.23 Å². The van der Waals surface area contributed by atoms with Gasteiger partial charge in [0.25, 0.3) is 0 Å². The Labute approximate surface area is 826 Å². The number of alkyl halides is 4. The fraction of sp³-hybridized carbons (Fsp3) is 0.247. The molecule has 0 saturated carbocycles. The quantitative estimate of drug-likeness (QED) is 0.00392. The van der Waals surface area contributed by atoms with E-state index in [2.05, 4.69) is 114 Å². The first kappa shape index (κ1) is 125. The number of carbonyl (C=O) groups is 6. The number of aromatic carboxylic acids is 2. The minimum atomic E-state index is -1.67. The van der Waals surface area contributed by atoms with Crippen molar-refractivity contribution in [2.75, 3.05) is 67.2 Å². The predicted octanol–water partition coefficient (Wildman–Crippen LogP) is 19.1. The molecule has 0 radical (unpaired) electrons. The fourth-order valence-electron chi connectivity index (χ4n) is 9.41. The summed E-state index contributed by atoms with van der Waals surface area (Å²) in [6.07, 6.45) is 1.38. The van der Waals surface area contributed by atoms with Crippen molar-refractivity contribution >= 4 is 199 Å². The number of nitrogens with zero attached hydrogens (tertiary/aromatic N) is 1. The largest absolute Gasteiger partial charge is 1.00 e. The van der Waals surface area contributed by atoms with Crippen molar-refractivity contribution in [3.63, 3.8) is 0 Å². The van der Waals surface area contributed by atoms with Gasteiger partial charge in [-0.2, -0.15) is 17.9 Å². The van der Waals surface area contributed by atoms with Crippen LogP contribution in [0.25, 0.3) is 0 Å². The van der Waals surface area contributed by atoms with Gasteiger partial charge in [0.15, 0.2) is 29.4 Å². The first-order chi connectivity index (χ1) is 59.9. The average molecular weight is 2230 g/mol. The van der Waals surface area contributed by atoms with E-state index in [1.165, 1.54) is 72.4 Å². The molecule has 11 N–H and O–H groups in total. The molecule has 1 fully saturated rings. The number of nitrogen functional groups attached to an aromatic ring is 1. The molecule has 11 rings (SSSR count). The smallest absolute Gasteiger partial charge is 0.870 e. The van der Waals surface area contributed by atoms with Crippen LogP contribution in [0.5, 0.6) is 17.2 Å². The summed E-state index contributed by atoms with van der Waals surface area (Å²) >= 11 is 28.7. The molecule has 39 heteroatoms. The molecule has 690 valence electrons. The minimum Gasteiger partial charge on any atom is -0.870 e. The van der Waals surface area contributed by atoms with Gasteiger partial charge in [-0.1, -0.05) is 128 Å². The van der Waals surface area contributed by atoms with E-state index in [0.717, 1.165) is 101 Å². The number of thioether (sulfide) groups is 2. The molecule has 0 aromatic heterocycles. The van der Waals surface area contributed by atoms with E-state index in [1.807, 2.05) is 105 Å². The maximum Gasteiger partial charge on any atom is 1.00 e. The zero-order valence-electron chi connectivity index (χ0n) is 70.3. The minimum absolute atomic E-state index is 0. The maximum atomic E-state index is 12.9. The number of aliphatic hydroxyl groups is 6. The summed E-state index contributed by atoms with van der Waals surface area (Å²) in [5, 5.41) is 76.0. The summed E-state index contributed by atoms with van der Waals surface area (Å²) in [4.78, 5) is 67.9. The topological polar surface area (TPSA) is 398 Å². The predicted molar refractivity (Wildman–Crippen MR) is 515 cm³/mol. The van der Waals surface area contributed by atoms with E-state index in [4.69, 9.17) is 86.6 Å². The summed E-state index contributed by atoms with van der Waals surface area (Å²) in [5.74, 6) is 0.943. The Kier molecular flexibility index (Phi) is 71.9. The van der Waals surface area contributed by atoms with Crippen molar-refractivity contribution < 1.29 is 135 Å². The Morgan fingerprint density at radius 2 is 0.828 bits per heavy atom. The van der Waals surface area contributed by atoms with Crippen molar-refractivity contribution in [1.82, 2.24) is 0 Å². The number of methoxy groups -OCH3 is 3. The number of hydrogen-bond acceptors (Lipinski definition) is 23. The van der Waals surface area contributed by atoms with Crippen LogP contribution in [0.15, 0.2) is 228 Å². The van der Waals surface area contributed by atoms with E-state index in [1.54, 1.807) is 100 Å². The zero-order chi connectivity index (χ0) is 95.4. The van der Waals surface area contributed by atoms with E-state index in [0.29, 0.717) is 71.5 Å². The summed E-state index contributed by atoms with van der Waals surface area (Å²) in [6.45, 7) is 2.00. The number of Topliss-reactive ketones (excluding diaryl/α,β-unsaturated/α-hetero) is 4. The number of hydrogen-bond donors (Lipinski definition) is 10. The number of thiol groups is 1. The van der Waals surface area contributed by atoms with E-state index >= 15 is 0 Å². The second-order valence-corrected chi connectivity index (χ2v) is 34.3. The van der Waals surface area contributed by atoms with Gasteiger partial charge in [-0.3, -0.25) is 19.2 Å². The molecule has 10 aromatic rings. The third kappa shape index (κ3) is 55.3. The number of aliphatic hydroxyl groups excluding tert-OH is 6. The number of carboxylic acid groups (broad SMARTS) is 2. The number of anilines is 1. The summed E-state index contributed by atoms with van der Waals surface area (Å²) in [5.41, 5.74) is 15.5. The van der Waals surface area contributed by atoms with E-state index in [-0.39, 0.29) is 46.5 Å². The molecule has 22 nitrogen and oxygen atoms in total. The van der Waals surface area contributed by atoms with Gasteiger partial charge in [0.1, 0.15) is 69.5 Å². The Morgan fingerprint density at radius 1 is 0.523 bits per heavy atom. The summed E-state index contributed by atoms with van der Waals surface area (Å²) in [6, 6.07) is 58.9. The molecule has 1 atom stereocenters. The van der Waals surface area contributed by atoms with Crippen LogP contribution in [0.1, 0.15) is 132 Å². The number of nitriles is 1. The van der Waals surface area contributed by atoms with Crippen molar-refractivity contribution in [3.8, 4) is 23.3 Å². The molecule has 1 unspecified atom stereocenters. The third-order valence-corrected chi connectivity index (χ3v) is 20.5. The van der Waals surface area contributed by atoms with Gasteiger partial charge >= 0.3 is 30.8 Å². The molecule has 1 aliphatic rings. The molecular weight excluding hydrogens is 2130 g/mol. The molecule has 128 heavy (non-hydrogen) atoms. The molecule has 1 saturated heterocycles. The Morgan fingerprint density at radius 3 is 1.12 bits per heavy atom. The zero-order valence-corrected chi connectivity index (χ0v) is 83.8. The number of nitrogens with two attached hydrogens (primary N) is 1. The van der Waals surface area contributed by atoms with Crippen molar-refractivity contribution in [1.29, 1.82) is 5.26 Å². The monoisotopic (exact) mass is 2220 g/mol. The fourth-order valence-corrected chi connectivity index (χ4v) is 14.4. The number of ketones is 4. The standard InChI is InChI=1S/C17H17FO3S.C16H15FO3S.C9H8Br2O2.C9H8BrFO2.C9H9BrO2.C8H7BrO2.C8H10OS.C6H5ClFN.C4H8O2.C2H3N.CH4O.Cl2OS.Li.H2O/c1-21-15-4-2-12(3-5-15)11-22-16-7-13(9-18)6-14(8-16)17(20)10-19;1-20-14-4-2-11(3-5-14)10-21-15-7-12(9-17)6-13(8-15)16(18)19;10-4-6-1-7(9(13)5-12)3-8(11)2-6;10-8-2-6(4-11)1-7(3-8)9(13)5-12;1-6-2-7(9(12)5-11)4-8(10)3-6;1-5-2-6(8(10)11)4-7(9)3-5;1-9-8-4-2-7(6-10)3-5-8;7-5-3-4(9)1-2-6(5)8;5-4-2-1-3-6-4;1-2-3;1-2;1-4(2)3;;/h2-8,19H,9-11H2,1H3;2-8H,9-10H2,1H3,(H,18,19);2*1-3,12H,4-5H2;2-4,11H,5H2,1H3;2-4H,1H3,(H,10,11);2-5,10H,6H2,1H3;1-3H,9H2;4-5H,1-3H2;1H3;2H,1H3;;;1H2/q;;;;;;;;;;;;+1;/p-1. The van der Waals surface area contributed by atoms with Crippen molar-refractivity contribution in [3.05, 3.63) is 312 Å². The van der Waals surface area contributed by atoms with Crippen molar-refractivity contribution in [2.24, 2.45) is 0 Å². The van der Waals surface area contributed by atoms with Crippen LogP contribution < -0.4 is 38.8 Å². The first-order valence-electron chi connectivity index (χ1n) is 36.4. The van der Waals surface area contributed by atoms with E-state index < -0.39 is 91.3 Å². The molecule has 0 aliphatic carbocycles. The van der Waals surface area contributed by atoms with Crippen LogP contribution >= 0.6 is 149 Å². The number of halogens is 12. The van der Waals surface area contributed by atoms with E-state index in [9.17, 15) is 46.3 Å². The number of benzene rings is 10. The summed E-state index contributed by atoms with van der Waals surface area (Å²) in [7, 11) is 13.2. The molecule has 1 aliphatic heterocycles. The Balaban J connectivity index is -0.00000138. The summed E-state index contributed by atoms with van der Waals surface area (Å²) < 4.78 is 82.4. The molecule has 10 aromatic carbocycles. The second-order valence-electron chi connectivity index (χ2n) is 24.8. The van der Waals surface area contributed by atoms with Crippen LogP contribution in [-0.4, -0.2) is 153 Å². The number of carboxylic acids is 2. The number of carbonyl (C=O) groups excluding carboxylic acids is 4. The Bertz CT molecular complexity index is 4920. The molecule has 1 heterocycles. The number of aryl methyl sites for hydroxylation is 2. The normalized spacial score (nSPS) is 10.7. The van der Waals surface area contributed by atoms with Crippen LogP contribution in [0.3, 0.4) is 0 Å². The second kappa shape index (κ2) is 73.5. The average Bonchev–Trinajstić information content (AvgIpc) is 1.20. The van der Waals surface area contributed by atoms with Gasteiger partial charge in [-0.25, -0.2) is 31.4 Å². The SMILES string of the molecule is CC#N.CO.COc1ccc(CS)cc1.COc1ccc(CSc2cc(CF)cc(C(=O)CO)c2)cc1.COc1ccc(CSc2cc(CF)cc(C(=O)O)c2)cc1.Cc1cc(Br)cc(C(=O)CO)c1.Cc1cc(Br)cc(C(=O)O)c1.Nc1ccc(F)c(Cl)c1.O=C(CO)c1cc(Br)cc(CBr)c1.O=C(CO)c1cc(Br)cc(CF)c1.O=S(Cl)Cl.OC1CCCO1.[Li+].[OH-]. The maximum absolute atomic E-state index is 12.9. The van der Waals surface area contributed by atoms with Crippen LogP contribution in [0.2, 0.25) is 5.02 Å². The number of ether oxygens (including phenoxy) is 4. The van der Waals surface area contributed by atoms with Gasteiger partial charge in [0, 0.05) is 127 Å². The first-order valence-corrected chi connectivity index (χ1v) is 46.5. The van der Waals surface area contributed by atoms with Gasteiger partial charge in [-0.05, 0) is 234 Å². The molecule has 0 spiro atoms. The third-order valence-electron chi connectivity index (χ3n) is 15.2. The molecule has 0 bridgehead atoms. The van der Waals surface area contributed by atoms with Crippen LogP contribution in [0, 0.1) is 31.0 Å².